The zero-order valence-electron chi connectivity index (χ0n) is 11.8. The number of halogens is 3. The molecule has 0 spiro atoms. The van der Waals surface area contributed by atoms with Gasteiger partial charge in [-0.05, 0) is 36.8 Å². The Bertz CT molecular complexity index is 607. The van der Waals surface area contributed by atoms with E-state index >= 15 is 0 Å². The standard InChI is InChI=1S/C15H15F3N2O2/c1-10(11-4-6-12(7-5-11)15(16,17)18)20-14(21)19-9-13-3-2-8-22-13/h2-8,10H,9H2,1H3,(H2,19,20,21)/t10-/m0/s1. The Hall–Kier alpha value is -2.44. The van der Waals surface area contributed by atoms with Crippen LogP contribution in [0.15, 0.2) is 47.1 Å². The summed E-state index contributed by atoms with van der Waals surface area (Å²) < 4.78 is 42.5. The van der Waals surface area contributed by atoms with Crippen LogP contribution in [0, 0.1) is 0 Å². The van der Waals surface area contributed by atoms with Gasteiger partial charge < -0.3 is 15.1 Å². The van der Waals surface area contributed by atoms with Gasteiger partial charge in [0, 0.05) is 0 Å². The number of furan rings is 1. The highest BCUT2D eigenvalue weighted by Gasteiger charge is 2.30. The monoisotopic (exact) mass is 312 g/mol. The molecule has 0 saturated heterocycles. The molecule has 1 aromatic carbocycles. The first-order chi connectivity index (χ1) is 10.4. The highest BCUT2D eigenvalue weighted by molar-refractivity contribution is 5.74. The van der Waals surface area contributed by atoms with E-state index in [0.717, 1.165) is 12.1 Å². The Labute approximate surface area is 125 Å². The van der Waals surface area contributed by atoms with Gasteiger partial charge in [0.1, 0.15) is 5.76 Å². The molecule has 1 heterocycles. The third kappa shape index (κ3) is 4.28. The van der Waals surface area contributed by atoms with Gasteiger partial charge in [0.2, 0.25) is 0 Å². The number of urea groups is 1. The van der Waals surface area contributed by atoms with E-state index < -0.39 is 23.8 Å². The van der Waals surface area contributed by atoms with Gasteiger partial charge in [-0.1, -0.05) is 12.1 Å². The maximum atomic E-state index is 12.5. The van der Waals surface area contributed by atoms with Crippen molar-refractivity contribution in [3.8, 4) is 0 Å². The second-order valence-corrected chi connectivity index (χ2v) is 4.75. The maximum Gasteiger partial charge on any atom is 0.416 e. The first kappa shape index (κ1) is 15.9. The zero-order valence-corrected chi connectivity index (χ0v) is 11.8. The molecule has 4 nitrogen and oxygen atoms in total. The lowest BCUT2D eigenvalue weighted by Gasteiger charge is -2.15. The van der Waals surface area contributed by atoms with Crippen LogP contribution >= 0.6 is 0 Å². The highest BCUT2D eigenvalue weighted by atomic mass is 19.4. The van der Waals surface area contributed by atoms with E-state index in [2.05, 4.69) is 10.6 Å². The topological polar surface area (TPSA) is 54.3 Å². The molecule has 0 aliphatic heterocycles. The van der Waals surface area contributed by atoms with E-state index in [-0.39, 0.29) is 6.54 Å². The Balaban J connectivity index is 1.88. The van der Waals surface area contributed by atoms with Crippen molar-refractivity contribution in [2.24, 2.45) is 0 Å². The molecule has 2 N–H and O–H groups in total. The van der Waals surface area contributed by atoms with Crippen LogP contribution in [0.4, 0.5) is 18.0 Å². The molecule has 0 aliphatic rings. The van der Waals surface area contributed by atoms with Gasteiger partial charge in [0.15, 0.2) is 0 Å². The summed E-state index contributed by atoms with van der Waals surface area (Å²) in [7, 11) is 0. The number of hydrogen-bond acceptors (Lipinski definition) is 2. The second-order valence-electron chi connectivity index (χ2n) is 4.75. The number of benzene rings is 1. The van der Waals surface area contributed by atoms with Crippen molar-refractivity contribution in [3.63, 3.8) is 0 Å². The Morgan fingerprint density at radius 1 is 1.23 bits per heavy atom. The van der Waals surface area contributed by atoms with E-state index in [1.165, 1.54) is 18.4 Å². The molecule has 0 aliphatic carbocycles. The van der Waals surface area contributed by atoms with Crippen molar-refractivity contribution < 1.29 is 22.4 Å². The molecule has 118 valence electrons. The summed E-state index contributed by atoms with van der Waals surface area (Å²) in [4.78, 5) is 11.7. The molecule has 0 bridgehead atoms. The predicted octanol–water partition coefficient (Wildman–Crippen LogP) is 3.86. The summed E-state index contributed by atoms with van der Waals surface area (Å²) in [6.45, 7) is 1.92. The summed E-state index contributed by atoms with van der Waals surface area (Å²) in [6.07, 6.45) is -2.87. The van der Waals surface area contributed by atoms with Gasteiger partial charge in [0.25, 0.3) is 0 Å². The molecule has 2 amide bonds. The fourth-order valence-corrected chi connectivity index (χ4v) is 1.87. The van der Waals surface area contributed by atoms with E-state index in [9.17, 15) is 18.0 Å². The lowest BCUT2D eigenvalue weighted by atomic mass is 10.1. The molecule has 0 radical (unpaired) electrons. The van der Waals surface area contributed by atoms with Crippen LogP contribution in [0.1, 0.15) is 29.9 Å². The van der Waals surface area contributed by atoms with Gasteiger partial charge in [-0.15, -0.1) is 0 Å². The van der Waals surface area contributed by atoms with E-state index in [1.807, 2.05) is 0 Å². The molecule has 1 atom stereocenters. The maximum absolute atomic E-state index is 12.5. The lowest BCUT2D eigenvalue weighted by molar-refractivity contribution is -0.137. The molecule has 0 saturated carbocycles. The summed E-state index contributed by atoms with van der Waals surface area (Å²) in [5.41, 5.74) is -0.133. The first-order valence-corrected chi connectivity index (χ1v) is 6.60. The summed E-state index contributed by atoms with van der Waals surface area (Å²) >= 11 is 0. The van der Waals surface area contributed by atoms with Gasteiger partial charge in [-0.3, -0.25) is 0 Å². The predicted molar refractivity (Wildman–Crippen MR) is 73.9 cm³/mol. The van der Waals surface area contributed by atoms with E-state index in [1.54, 1.807) is 19.1 Å². The normalized spacial score (nSPS) is 12.7. The first-order valence-electron chi connectivity index (χ1n) is 6.60. The number of carbonyl (C=O) groups is 1. The molecule has 7 heteroatoms. The van der Waals surface area contributed by atoms with Crippen molar-refractivity contribution in [1.82, 2.24) is 10.6 Å². The van der Waals surface area contributed by atoms with E-state index in [4.69, 9.17) is 4.42 Å². The number of rotatable bonds is 4. The minimum absolute atomic E-state index is 0.235. The van der Waals surface area contributed by atoms with Gasteiger partial charge in [-0.25, -0.2) is 4.79 Å². The van der Waals surface area contributed by atoms with Crippen molar-refractivity contribution in [1.29, 1.82) is 0 Å². The van der Waals surface area contributed by atoms with Crippen LogP contribution in [0.3, 0.4) is 0 Å². The average Bonchev–Trinajstić information content (AvgIpc) is 2.97. The third-order valence-electron chi connectivity index (χ3n) is 3.09. The van der Waals surface area contributed by atoms with Crippen molar-refractivity contribution >= 4 is 6.03 Å². The number of nitrogens with one attached hydrogen (secondary N) is 2. The van der Waals surface area contributed by atoms with Crippen LogP contribution in [0.2, 0.25) is 0 Å². The largest absolute Gasteiger partial charge is 0.467 e. The molecule has 2 aromatic rings. The Morgan fingerprint density at radius 3 is 2.45 bits per heavy atom. The Morgan fingerprint density at radius 2 is 1.91 bits per heavy atom. The highest BCUT2D eigenvalue weighted by Crippen LogP contribution is 2.29. The SMILES string of the molecule is C[C@H](NC(=O)NCc1ccco1)c1ccc(C(F)(F)F)cc1. The number of alkyl halides is 3. The summed E-state index contributed by atoms with van der Waals surface area (Å²) in [5.74, 6) is 0.609. The lowest BCUT2D eigenvalue weighted by Crippen LogP contribution is -2.36. The second kappa shape index (κ2) is 6.55. The number of hydrogen-bond donors (Lipinski definition) is 2. The van der Waals surface area contributed by atoms with Crippen LogP contribution in [-0.4, -0.2) is 6.03 Å². The van der Waals surface area contributed by atoms with Crippen LogP contribution in [0.25, 0.3) is 0 Å². The number of carbonyl (C=O) groups excluding carboxylic acids is 1. The summed E-state index contributed by atoms with van der Waals surface area (Å²) in [5, 5.41) is 5.24. The van der Waals surface area contributed by atoms with Crippen molar-refractivity contribution in [2.75, 3.05) is 0 Å². The molecule has 0 unspecified atom stereocenters. The smallest absolute Gasteiger partial charge is 0.416 e. The zero-order chi connectivity index (χ0) is 16.2. The summed E-state index contributed by atoms with van der Waals surface area (Å²) in [6, 6.07) is 7.27. The van der Waals surface area contributed by atoms with Gasteiger partial charge in [-0.2, -0.15) is 13.2 Å². The minimum Gasteiger partial charge on any atom is -0.467 e. The minimum atomic E-state index is -4.37. The van der Waals surface area contributed by atoms with E-state index in [0.29, 0.717) is 11.3 Å². The molecular weight excluding hydrogens is 297 g/mol. The van der Waals surface area contributed by atoms with Crippen LogP contribution < -0.4 is 10.6 Å². The quantitative estimate of drug-likeness (QED) is 0.900. The molecule has 0 fully saturated rings. The average molecular weight is 312 g/mol. The molecule has 1 aromatic heterocycles. The van der Waals surface area contributed by atoms with Crippen molar-refractivity contribution in [3.05, 3.63) is 59.5 Å². The number of amides is 2. The van der Waals surface area contributed by atoms with Crippen LogP contribution in [-0.2, 0) is 12.7 Å². The van der Waals surface area contributed by atoms with Gasteiger partial charge in [0.05, 0.1) is 24.4 Å². The molecule has 22 heavy (non-hydrogen) atoms. The van der Waals surface area contributed by atoms with Crippen LogP contribution in [0.5, 0.6) is 0 Å². The van der Waals surface area contributed by atoms with Gasteiger partial charge >= 0.3 is 12.2 Å². The molecule has 2 rings (SSSR count). The molecular formula is C15H15F3N2O2. The van der Waals surface area contributed by atoms with Crippen molar-refractivity contribution in [2.45, 2.75) is 25.7 Å². The Kier molecular flexibility index (Phi) is 4.75. The third-order valence-corrected chi connectivity index (χ3v) is 3.09. The fraction of sp³-hybridized carbons (Fsp3) is 0.267. The fourth-order valence-electron chi connectivity index (χ4n) is 1.87.